The lowest BCUT2D eigenvalue weighted by Gasteiger charge is -2.17. The van der Waals surface area contributed by atoms with Gasteiger partial charge in [-0.05, 0) is 34.0 Å². The lowest BCUT2D eigenvalue weighted by Crippen LogP contribution is -2.41. The van der Waals surface area contributed by atoms with Crippen molar-refractivity contribution in [2.45, 2.75) is 26.4 Å². The summed E-state index contributed by atoms with van der Waals surface area (Å²) in [4.78, 5) is 23.3. The molecule has 0 spiro atoms. The smallest absolute Gasteiger partial charge is 0.313 e. The number of anilines is 1. The Bertz CT molecular complexity index is 479. The van der Waals surface area contributed by atoms with Crippen molar-refractivity contribution in [3.05, 3.63) is 28.7 Å². The lowest BCUT2D eigenvalue weighted by molar-refractivity contribution is -0.136. The summed E-state index contributed by atoms with van der Waals surface area (Å²) in [6, 6.07) is 7.01. The van der Waals surface area contributed by atoms with Gasteiger partial charge in [0, 0.05) is 11.0 Å². The van der Waals surface area contributed by atoms with Gasteiger partial charge >= 0.3 is 11.8 Å². The summed E-state index contributed by atoms with van der Waals surface area (Å²) in [7, 11) is 0. The number of rotatable bonds is 5. The number of carbonyl (C=O) groups excluding carboxylic acids is 2. The van der Waals surface area contributed by atoms with E-state index in [9.17, 15) is 14.7 Å². The molecular formula is C14H19BrN2O3. The summed E-state index contributed by atoms with van der Waals surface area (Å²) in [5.74, 6) is -1.45. The number of benzene rings is 1. The van der Waals surface area contributed by atoms with E-state index in [1.54, 1.807) is 18.2 Å². The number of para-hydroxylation sites is 1. The Balaban J connectivity index is 2.48. The number of halogens is 1. The zero-order chi connectivity index (χ0) is 15.1. The van der Waals surface area contributed by atoms with Gasteiger partial charge in [-0.2, -0.15) is 0 Å². The van der Waals surface area contributed by atoms with E-state index in [-0.39, 0.29) is 12.5 Å². The Morgan fingerprint density at radius 3 is 2.55 bits per heavy atom. The van der Waals surface area contributed by atoms with Crippen LogP contribution in [0.3, 0.4) is 0 Å². The Hall–Kier alpha value is -1.40. The molecule has 1 aromatic carbocycles. The van der Waals surface area contributed by atoms with Gasteiger partial charge in [0.1, 0.15) is 0 Å². The maximum absolute atomic E-state index is 11.7. The largest absolute Gasteiger partial charge is 0.391 e. The first-order valence-electron chi connectivity index (χ1n) is 6.47. The van der Waals surface area contributed by atoms with Crippen LogP contribution in [0.5, 0.6) is 0 Å². The van der Waals surface area contributed by atoms with Crippen LogP contribution in [-0.4, -0.2) is 29.6 Å². The fraction of sp³-hybridized carbons (Fsp3) is 0.429. The second-order valence-corrected chi connectivity index (χ2v) is 5.45. The second kappa shape index (κ2) is 8.01. The number of amides is 2. The fourth-order valence-corrected chi connectivity index (χ4v) is 1.88. The van der Waals surface area contributed by atoms with Crippen molar-refractivity contribution < 1.29 is 14.7 Å². The molecule has 5 nitrogen and oxygen atoms in total. The average Bonchev–Trinajstić information content (AvgIpc) is 2.45. The third kappa shape index (κ3) is 4.94. The monoisotopic (exact) mass is 342 g/mol. The molecule has 6 heteroatoms. The summed E-state index contributed by atoms with van der Waals surface area (Å²) in [5.41, 5.74) is 0.523. The quantitative estimate of drug-likeness (QED) is 0.715. The van der Waals surface area contributed by atoms with Gasteiger partial charge in [0.15, 0.2) is 0 Å². The van der Waals surface area contributed by atoms with Crippen LogP contribution in [0.15, 0.2) is 28.7 Å². The summed E-state index contributed by atoms with van der Waals surface area (Å²) in [5, 5.41) is 14.6. The highest BCUT2D eigenvalue weighted by molar-refractivity contribution is 9.10. The molecule has 0 aliphatic rings. The van der Waals surface area contributed by atoms with Gasteiger partial charge in [-0.25, -0.2) is 0 Å². The molecule has 2 amide bonds. The maximum atomic E-state index is 11.7. The first-order chi connectivity index (χ1) is 9.45. The Kier molecular flexibility index (Phi) is 6.67. The van der Waals surface area contributed by atoms with Gasteiger partial charge in [0.2, 0.25) is 0 Å². The highest BCUT2D eigenvalue weighted by Gasteiger charge is 2.18. The van der Waals surface area contributed by atoms with Crippen molar-refractivity contribution in [3.63, 3.8) is 0 Å². The third-order valence-corrected chi connectivity index (χ3v) is 3.79. The molecule has 110 valence electrons. The molecule has 1 rings (SSSR count). The molecule has 0 saturated carbocycles. The predicted molar refractivity (Wildman–Crippen MR) is 81.2 cm³/mol. The zero-order valence-electron chi connectivity index (χ0n) is 11.5. The van der Waals surface area contributed by atoms with Crippen LogP contribution in [0.2, 0.25) is 0 Å². The van der Waals surface area contributed by atoms with E-state index >= 15 is 0 Å². The average molecular weight is 343 g/mol. The van der Waals surface area contributed by atoms with Crippen LogP contribution in [0.1, 0.15) is 20.3 Å². The normalized spacial score (nSPS) is 13.4. The summed E-state index contributed by atoms with van der Waals surface area (Å²) in [6.45, 7) is 3.91. The number of nitrogens with one attached hydrogen (secondary N) is 2. The van der Waals surface area contributed by atoms with Crippen molar-refractivity contribution >= 4 is 33.4 Å². The van der Waals surface area contributed by atoms with Crippen molar-refractivity contribution in [2.75, 3.05) is 11.9 Å². The van der Waals surface area contributed by atoms with Gasteiger partial charge in [0.05, 0.1) is 11.8 Å². The lowest BCUT2D eigenvalue weighted by atomic mass is 10.0. The Morgan fingerprint density at radius 1 is 1.30 bits per heavy atom. The predicted octanol–water partition coefficient (Wildman–Crippen LogP) is 1.91. The third-order valence-electron chi connectivity index (χ3n) is 3.10. The Morgan fingerprint density at radius 2 is 1.95 bits per heavy atom. The van der Waals surface area contributed by atoms with Gasteiger partial charge in [0.25, 0.3) is 0 Å². The number of aliphatic hydroxyl groups excluding tert-OH is 1. The molecule has 0 aliphatic carbocycles. The molecule has 3 N–H and O–H groups in total. The van der Waals surface area contributed by atoms with Crippen LogP contribution < -0.4 is 10.6 Å². The van der Waals surface area contributed by atoms with Crippen molar-refractivity contribution in [1.29, 1.82) is 0 Å². The highest BCUT2D eigenvalue weighted by atomic mass is 79.9. The van der Waals surface area contributed by atoms with Crippen molar-refractivity contribution in [1.82, 2.24) is 5.32 Å². The van der Waals surface area contributed by atoms with Crippen molar-refractivity contribution in [2.24, 2.45) is 5.92 Å². The minimum absolute atomic E-state index is 0.0667. The van der Waals surface area contributed by atoms with E-state index in [0.717, 1.165) is 6.42 Å². The maximum Gasteiger partial charge on any atom is 0.313 e. The molecule has 0 saturated heterocycles. The minimum atomic E-state index is -0.761. The molecule has 0 radical (unpaired) electrons. The molecule has 0 fully saturated rings. The SMILES string of the molecule is CCC(C)C(O)CNC(=O)C(=O)Nc1ccccc1Br. The molecule has 0 bridgehead atoms. The van der Waals surface area contributed by atoms with Gasteiger partial charge in [-0.1, -0.05) is 32.4 Å². The number of aliphatic hydroxyl groups is 1. The van der Waals surface area contributed by atoms with E-state index in [1.807, 2.05) is 19.9 Å². The molecule has 2 atom stereocenters. The van der Waals surface area contributed by atoms with Crippen molar-refractivity contribution in [3.8, 4) is 0 Å². The van der Waals surface area contributed by atoms with E-state index in [2.05, 4.69) is 26.6 Å². The van der Waals surface area contributed by atoms with Crippen LogP contribution in [0.4, 0.5) is 5.69 Å². The summed E-state index contributed by atoms with van der Waals surface area (Å²) >= 11 is 3.28. The van der Waals surface area contributed by atoms with Crippen LogP contribution in [0, 0.1) is 5.92 Å². The number of carbonyl (C=O) groups is 2. The molecule has 0 heterocycles. The van der Waals surface area contributed by atoms with E-state index in [4.69, 9.17) is 0 Å². The number of hydrogen-bond donors (Lipinski definition) is 3. The standard InChI is InChI=1S/C14H19BrN2O3/c1-3-9(2)12(18)8-16-13(19)14(20)17-11-7-5-4-6-10(11)15/h4-7,9,12,18H,3,8H2,1-2H3,(H,16,19)(H,17,20). The van der Waals surface area contributed by atoms with Gasteiger partial charge < -0.3 is 15.7 Å². The van der Waals surface area contributed by atoms with Crippen LogP contribution >= 0.6 is 15.9 Å². The Labute approximate surface area is 126 Å². The highest BCUT2D eigenvalue weighted by Crippen LogP contribution is 2.20. The van der Waals surface area contributed by atoms with E-state index < -0.39 is 17.9 Å². The number of hydrogen-bond acceptors (Lipinski definition) is 3. The van der Waals surface area contributed by atoms with Gasteiger partial charge in [-0.3, -0.25) is 9.59 Å². The van der Waals surface area contributed by atoms with Gasteiger partial charge in [-0.15, -0.1) is 0 Å². The molecule has 0 aliphatic heterocycles. The first-order valence-corrected chi connectivity index (χ1v) is 7.26. The van der Waals surface area contributed by atoms with E-state index in [0.29, 0.717) is 10.2 Å². The van der Waals surface area contributed by atoms with Crippen LogP contribution in [0.25, 0.3) is 0 Å². The second-order valence-electron chi connectivity index (χ2n) is 4.60. The summed E-state index contributed by atoms with van der Waals surface area (Å²) in [6.07, 6.45) is 0.153. The first kappa shape index (κ1) is 16.7. The summed E-state index contributed by atoms with van der Waals surface area (Å²) < 4.78 is 0.695. The molecule has 1 aromatic rings. The fourth-order valence-electron chi connectivity index (χ4n) is 1.49. The molecule has 2 unspecified atom stereocenters. The minimum Gasteiger partial charge on any atom is -0.391 e. The zero-order valence-corrected chi connectivity index (χ0v) is 13.1. The molecule has 0 aromatic heterocycles. The van der Waals surface area contributed by atoms with E-state index in [1.165, 1.54) is 0 Å². The molecule has 20 heavy (non-hydrogen) atoms. The van der Waals surface area contributed by atoms with Crippen LogP contribution in [-0.2, 0) is 9.59 Å². The topological polar surface area (TPSA) is 78.4 Å². The molecular weight excluding hydrogens is 324 g/mol.